The third kappa shape index (κ3) is 4.92. The topological polar surface area (TPSA) is 76.4 Å². The first-order valence-electron chi connectivity index (χ1n) is 8.44. The van der Waals surface area contributed by atoms with Gasteiger partial charge in [0.2, 0.25) is 11.8 Å². The van der Waals surface area contributed by atoms with Crippen molar-refractivity contribution in [2.75, 3.05) is 24.5 Å². The Balaban J connectivity index is 1.96. The second-order valence-electron chi connectivity index (χ2n) is 6.32. The summed E-state index contributed by atoms with van der Waals surface area (Å²) in [6.07, 6.45) is 4.88. The summed E-state index contributed by atoms with van der Waals surface area (Å²) in [6.45, 7) is 4.47. The number of halogens is 1. The summed E-state index contributed by atoms with van der Waals surface area (Å²) in [4.78, 5) is 27.2. The molecule has 1 aromatic rings. The lowest BCUT2D eigenvalue weighted by molar-refractivity contribution is -0.136. The van der Waals surface area contributed by atoms with Crippen LogP contribution in [0.15, 0.2) is 18.2 Å². The van der Waals surface area contributed by atoms with Gasteiger partial charge in [0, 0.05) is 13.1 Å². The zero-order valence-corrected chi connectivity index (χ0v) is 14.6. The molecule has 0 aliphatic carbocycles. The Morgan fingerprint density at radius 2 is 2.04 bits per heavy atom. The number of carbonyl (C=O) groups is 2. The molecule has 0 spiro atoms. The molecule has 1 atom stereocenters. The van der Waals surface area contributed by atoms with Gasteiger partial charge in [-0.3, -0.25) is 14.5 Å². The maximum Gasteiger partial charge on any atom is 0.244 e. The number of piperidine rings is 1. The summed E-state index contributed by atoms with van der Waals surface area (Å²) >= 11 is 0. The Labute approximate surface area is 147 Å². The Morgan fingerprint density at radius 1 is 1.36 bits per heavy atom. The number of rotatable bonds is 5. The minimum atomic E-state index is -0.673. The van der Waals surface area contributed by atoms with Crippen molar-refractivity contribution in [1.29, 1.82) is 5.26 Å². The van der Waals surface area contributed by atoms with Crippen LogP contribution >= 0.6 is 0 Å². The van der Waals surface area contributed by atoms with Crippen molar-refractivity contribution in [3.05, 3.63) is 29.6 Å². The van der Waals surface area contributed by atoms with Gasteiger partial charge >= 0.3 is 0 Å². The SMILES string of the molecule is Cc1ccc(F)c(N(C#N)CC(=O)NC(C)C(=O)N2CCCCC2)c1. The van der Waals surface area contributed by atoms with Gasteiger partial charge in [0.15, 0.2) is 6.19 Å². The van der Waals surface area contributed by atoms with Crippen molar-refractivity contribution in [1.82, 2.24) is 10.2 Å². The van der Waals surface area contributed by atoms with E-state index in [1.54, 1.807) is 24.8 Å². The van der Waals surface area contributed by atoms with E-state index in [0.29, 0.717) is 13.1 Å². The van der Waals surface area contributed by atoms with Gasteiger partial charge < -0.3 is 10.2 Å². The fraction of sp³-hybridized carbons (Fsp3) is 0.500. The van der Waals surface area contributed by atoms with E-state index in [1.807, 2.05) is 6.19 Å². The summed E-state index contributed by atoms with van der Waals surface area (Å²) < 4.78 is 13.9. The average molecular weight is 346 g/mol. The molecule has 0 bridgehead atoms. The minimum absolute atomic E-state index is 0.0488. The molecule has 0 saturated carbocycles. The lowest BCUT2D eigenvalue weighted by Gasteiger charge is -2.29. The van der Waals surface area contributed by atoms with Gasteiger partial charge in [0.1, 0.15) is 18.4 Å². The summed E-state index contributed by atoms with van der Waals surface area (Å²) in [5.74, 6) is -1.20. The van der Waals surface area contributed by atoms with E-state index in [1.165, 1.54) is 12.1 Å². The first kappa shape index (κ1) is 18.7. The number of likely N-dealkylation sites (tertiary alicyclic amines) is 1. The lowest BCUT2D eigenvalue weighted by Crippen LogP contribution is -2.50. The number of amides is 2. The molecule has 1 fully saturated rings. The van der Waals surface area contributed by atoms with Gasteiger partial charge in [-0.05, 0) is 50.8 Å². The van der Waals surface area contributed by atoms with Crippen LogP contribution in [-0.4, -0.2) is 42.4 Å². The molecule has 0 radical (unpaired) electrons. The highest BCUT2D eigenvalue weighted by atomic mass is 19.1. The fourth-order valence-corrected chi connectivity index (χ4v) is 2.88. The molecule has 6 nitrogen and oxygen atoms in total. The second-order valence-corrected chi connectivity index (χ2v) is 6.32. The van der Waals surface area contributed by atoms with Crippen LogP contribution in [0.25, 0.3) is 0 Å². The molecule has 2 rings (SSSR count). The van der Waals surface area contributed by atoms with Gasteiger partial charge in [-0.2, -0.15) is 5.26 Å². The van der Waals surface area contributed by atoms with Crippen molar-refractivity contribution in [2.45, 2.75) is 39.2 Å². The number of anilines is 1. The van der Waals surface area contributed by atoms with E-state index < -0.39 is 17.8 Å². The normalized spacial score (nSPS) is 15.2. The number of nitriles is 1. The predicted molar refractivity (Wildman–Crippen MR) is 92.1 cm³/mol. The third-order valence-electron chi connectivity index (χ3n) is 4.23. The molecule has 1 unspecified atom stereocenters. The largest absolute Gasteiger partial charge is 0.343 e. The minimum Gasteiger partial charge on any atom is -0.343 e. The van der Waals surface area contributed by atoms with E-state index in [-0.39, 0.29) is 18.1 Å². The van der Waals surface area contributed by atoms with Gasteiger partial charge in [-0.1, -0.05) is 6.07 Å². The van der Waals surface area contributed by atoms with Crippen LogP contribution in [0.5, 0.6) is 0 Å². The van der Waals surface area contributed by atoms with Gasteiger partial charge in [-0.15, -0.1) is 0 Å². The Morgan fingerprint density at radius 3 is 2.68 bits per heavy atom. The summed E-state index contributed by atoms with van der Waals surface area (Å²) in [5, 5.41) is 11.8. The molecule has 1 heterocycles. The summed E-state index contributed by atoms with van der Waals surface area (Å²) in [7, 11) is 0. The highest BCUT2D eigenvalue weighted by Gasteiger charge is 2.24. The van der Waals surface area contributed by atoms with E-state index in [4.69, 9.17) is 0 Å². The second kappa shape index (κ2) is 8.47. The molecular formula is C18H23FN4O2. The van der Waals surface area contributed by atoms with Gasteiger partial charge in [-0.25, -0.2) is 4.39 Å². The molecule has 2 amide bonds. The van der Waals surface area contributed by atoms with Crippen molar-refractivity contribution < 1.29 is 14.0 Å². The van der Waals surface area contributed by atoms with Crippen LogP contribution < -0.4 is 10.2 Å². The number of aryl methyl sites for hydroxylation is 1. The number of carbonyl (C=O) groups excluding carboxylic acids is 2. The molecule has 1 aliphatic heterocycles. The first-order chi connectivity index (χ1) is 11.9. The zero-order chi connectivity index (χ0) is 18.4. The van der Waals surface area contributed by atoms with Crippen LogP contribution in [0.1, 0.15) is 31.7 Å². The van der Waals surface area contributed by atoms with Crippen LogP contribution in [-0.2, 0) is 9.59 Å². The van der Waals surface area contributed by atoms with E-state index >= 15 is 0 Å². The smallest absolute Gasteiger partial charge is 0.244 e. The van der Waals surface area contributed by atoms with Crippen molar-refractivity contribution in [3.8, 4) is 6.19 Å². The van der Waals surface area contributed by atoms with Gasteiger partial charge in [0.05, 0.1) is 5.69 Å². The Hall–Kier alpha value is -2.62. The van der Waals surface area contributed by atoms with Crippen LogP contribution in [0.3, 0.4) is 0 Å². The van der Waals surface area contributed by atoms with Crippen molar-refractivity contribution in [2.24, 2.45) is 0 Å². The zero-order valence-electron chi connectivity index (χ0n) is 14.6. The van der Waals surface area contributed by atoms with E-state index in [2.05, 4.69) is 5.32 Å². The Kier molecular flexibility index (Phi) is 6.34. The maximum absolute atomic E-state index is 13.9. The van der Waals surface area contributed by atoms with Crippen LogP contribution in [0.4, 0.5) is 10.1 Å². The fourth-order valence-electron chi connectivity index (χ4n) is 2.88. The highest BCUT2D eigenvalue weighted by molar-refractivity contribution is 5.89. The molecule has 7 heteroatoms. The number of hydrogen-bond donors (Lipinski definition) is 1. The van der Waals surface area contributed by atoms with Crippen LogP contribution in [0, 0.1) is 24.2 Å². The van der Waals surface area contributed by atoms with Crippen molar-refractivity contribution in [3.63, 3.8) is 0 Å². The molecule has 25 heavy (non-hydrogen) atoms. The quantitative estimate of drug-likeness (QED) is 0.653. The number of benzene rings is 1. The monoisotopic (exact) mass is 346 g/mol. The lowest BCUT2D eigenvalue weighted by atomic mass is 10.1. The summed E-state index contributed by atoms with van der Waals surface area (Å²) in [5.41, 5.74) is 0.832. The van der Waals surface area contributed by atoms with E-state index in [9.17, 15) is 19.2 Å². The molecule has 1 N–H and O–H groups in total. The molecule has 0 aromatic heterocycles. The average Bonchev–Trinajstić information content (AvgIpc) is 2.61. The highest BCUT2D eigenvalue weighted by Crippen LogP contribution is 2.20. The molecule has 1 aromatic carbocycles. The molecule has 1 aliphatic rings. The standard InChI is InChI=1S/C18H23FN4O2/c1-13-6-7-15(19)16(10-13)23(12-20)11-17(24)21-14(2)18(25)22-8-4-3-5-9-22/h6-7,10,14H,3-5,8-9,11H2,1-2H3,(H,21,24). The molecule has 1 saturated heterocycles. The van der Waals surface area contributed by atoms with Gasteiger partial charge in [0.25, 0.3) is 0 Å². The third-order valence-corrected chi connectivity index (χ3v) is 4.23. The number of nitrogens with one attached hydrogen (secondary N) is 1. The number of hydrogen-bond acceptors (Lipinski definition) is 4. The first-order valence-corrected chi connectivity index (χ1v) is 8.44. The molecular weight excluding hydrogens is 323 g/mol. The van der Waals surface area contributed by atoms with Crippen molar-refractivity contribution >= 4 is 17.5 Å². The summed E-state index contributed by atoms with van der Waals surface area (Å²) in [6, 6.07) is 3.69. The maximum atomic E-state index is 13.9. The number of nitrogens with zero attached hydrogens (tertiary/aromatic N) is 3. The molecule has 134 valence electrons. The Bertz CT molecular complexity index is 680. The van der Waals surface area contributed by atoms with E-state index in [0.717, 1.165) is 29.7 Å². The predicted octanol–water partition coefficient (Wildman–Crippen LogP) is 1.94. The van der Waals surface area contributed by atoms with Crippen LogP contribution in [0.2, 0.25) is 0 Å².